The largest absolute Gasteiger partial charge is 0.330 e. The highest BCUT2D eigenvalue weighted by Gasteiger charge is 2.47. The first-order chi connectivity index (χ1) is 13.8. The lowest BCUT2D eigenvalue weighted by molar-refractivity contribution is 0.00128. The van der Waals surface area contributed by atoms with Crippen LogP contribution in [0, 0.1) is 11.8 Å². The Morgan fingerprint density at radius 3 is 2.96 bits per heavy atom. The van der Waals surface area contributed by atoms with Gasteiger partial charge in [0.25, 0.3) is 5.91 Å². The smallest absolute Gasteiger partial charge is 0.275 e. The number of carbonyl (C=O) groups excluding carboxylic acids is 1. The Morgan fingerprint density at radius 1 is 1.07 bits per heavy atom. The molecule has 1 aromatic heterocycles. The average Bonchev–Trinajstić information content (AvgIpc) is 3.17. The molecule has 0 aromatic carbocycles. The van der Waals surface area contributed by atoms with E-state index in [4.69, 9.17) is 0 Å². The summed E-state index contributed by atoms with van der Waals surface area (Å²) in [6.45, 7) is 3.34. The molecule has 3 aliphatic heterocycles. The number of aromatic nitrogens is 2. The van der Waals surface area contributed by atoms with Crippen LogP contribution in [0.25, 0.3) is 0 Å². The molecule has 2 aliphatic carbocycles. The third-order valence-electron chi connectivity index (χ3n) is 8.18. The SMILES string of the molecule is O=C(c1n[nH]c2c1CCCC2)N1CCCC2=C[C@H]3C[C@@H](CN4CCCC[C@@H]34)[C@@H]21. The first-order valence-electron chi connectivity index (χ1n) is 11.6. The Balaban J connectivity index is 1.32. The van der Waals surface area contributed by atoms with Gasteiger partial charge in [-0.1, -0.05) is 18.1 Å². The highest BCUT2D eigenvalue weighted by Crippen LogP contribution is 2.45. The standard InChI is InChI=1S/C23H32N4O/c28-23(21-18-7-1-2-8-19(18)24-25-21)27-11-5-6-15-12-16-13-17(22(15)27)14-26-10-4-3-9-20(16)26/h12,16-17,20,22H,1-11,13-14H2,(H,24,25)/t16-,17-,20-,22+/m0/s1. The third-order valence-corrected chi connectivity index (χ3v) is 8.18. The molecule has 5 heteroatoms. The van der Waals surface area contributed by atoms with Gasteiger partial charge in [0, 0.05) is 30.4 Å². The second kappa shape index (κ2) is 6.72. The molecule has 6 rings (SSSR count). The monoisotopic (exact) mass is 380 g/mol. The Morgan fingerprint density at radius 2 is 2.00 bits per heavy atom. The fourth-order valence-electron chi connectivity index (χ4n) is 7.00. The van der Waals surface area contributed by atoms with E-state index in [9.17, 15) is 4.79 Å². The zero-order valence-electron chi connectivity index (χ0n) is 16.8. The Kier molecular flexibility index (Phi) is 4.14. The second-order valence-corrected chi connectivity index (χ2v) is 9.74. The molecule has 1 N–H and O–H groups in total. The topological polar surface area (TPSA) is 52.2 Å². The molecule has 3 saturated heterocycles. The van der Waals surface area contributed by atoms with Crippen LogP contribution in [0.2, 0.25) is 0 Å². The Hall–Kier alpha value is -1.62. The maximum atomic E-state index is 13.6. The fourth-order valence-corrected chi connectivity index (χ4v) is 7.00. The first-order valence-corrected chi connectivity index (χ1v) is 11.6. The van der Waals surface area contributed by atoms with E-state index in [1.54, 1.807) is 5.57 Å². The van der Waals surface area contributed by atoms with Gasteiger partial charge in [0.05, 0.1) is 6.04 Å². The molecule has 28 heavy (non-hydrogen) atoms. The number of aryl methyl sites for hydroxylation is 1. The van der Waals surface area contributed by atoms with E-state index < -0.39 is 0 Å². The van der Waals surface area contributed by atoms with E-state index in [2.05, 4.69) is 26.1 Å². The molecule has 3 fully saturated rings. The summed E-state index contributed by atoms with van der Waals surface area (Å²) >= 11 is 0. The van der Waals surface area contributed by atoms with E-state index >= 15 is 0 Å². The summed E-state index contributed by atoms with van der Waals surface area (Å²) in [6.07, 6.45) is 14.7. The summed E-state index contributed by atoms with van der Waals surface area (Å²) in [5, 5.41) is 7.69. The van der Waals surface area contributed by atoms with Crippen molar-refractivity contribution < 1.29 is 4.79 Å². The molecule has 0 saturated carbocycles. The average molecular weight is 381 g/mol. The number of hydrogen-bond donors (Lipinski definition) is 1. The molecule has 1 aromatic rings. The van der Waals surface area contributed by atoms with Crippen molar-refractivity contribution in [3.8, 4) is 0 Å². The number of carbonyl (C=O) groups is 1. The van der Waals surface area contributed by atoms with Crippen molar-refractivity contribution >= 4 is 5.91 Å². The first kappa shape index (κ1) is 17.3. The van der Waals surface area contributed by atoms with Crippen molar-refractivity contribution in [3.63, 3.8) is 0 Å². The molecular weight excluding hydrogens is 348 g/mol. The maximum absolute atomic E-state index is 13.6. The number of aromatic amines is 1. The summed E-state index contributed by atoms with van der Waals surface area (Å²) in [6, 6.07) is 1.08. The summed E-state index contributed by atoms with van der Waals surface area (Å²) in [5.41, 5.74) is 4.71. The van der Waals surface area contributed by atoms with Crippen molar-refractivity contribution in [2.24, 2.45) is 11.8 Å². The lowest BCUT2D eigenvalue weighted by Gasteiger charge is -2.54. The molecule has 150 valence electrons. The molecule has 5 nitrogen and oxygen atoms in total. The van der Waals surface area contributed by atoms with Gasteiger partial charge in [-0.15, -0.1) is 0 Å². The van der Waals surface area contributed by atoms with Gasteiger partial charge in [-0.05, 0) is 76.2 Å². The van der Waals surface area contributed by atoms with Crippen LogP contribution in [0.15, 0.2) is 11.6 Å². The minimum atomic E-state index is 0.189. The van der Waals surface area contributed by atoms with E-state index in [1.807, 2.05) is 0 Å². The van der Waals surface area contributed by atoms with Gasteiger partial charge in [0.2, 0.25) is 0 Å². The minimum absolute atomic E-state index is 0.189. The maximum Gasteiger partial charge on any atom is 0.275 e. The molecule has 0 unspecified atom stereocenters. The molecular formula is C23H32N4O. The van der Waals surface area contributed by atoms with Gasteiger partial charge < -0.3 is 4.90 Å². The molecule has 2 bridgehead atoms. The number of amides is 1. The number of nitrogens with zero attached hydrogens (tertiary/aromatic N) is 3. The van der Waals surface area contributed by atoms with E-state index in [0.717, 1.165) is 43.5 Å². The number of hydrogen-bond acceptors (Lipinski definition) is 3. The lowest BCUT2D eigenvalue weighted by Crippen LogP contribution is -2.60. The van der Waals surface area contributed by atoms with E-state index in [0.29, 0.717) is 12.0 Å². The van der Waals surface area contributed by atoms with Gasteiger partial charge >= 0.3 is 0 Å². The van der Waals surface area contributed by atoms with Gasteiger partial charge in [-0.3, -0.25) is 14.8 Å². The van der Waals surface area contributed by atoms with Gasteiger partial charge in [-0.2, -0.15) is 5.10 Å². The van der Waals surface area contributed by atoms with E-state index in [-0.39, 0.29) is 5.91 Å². The Labute approximate surface area is 167 Å². The van der Waals surface area contributed by atoms with Crippen LogP contribution in [0.4, 0.5) is 0 Å². The van der Waals surface area contributed by atoms with Crippen LogP contribution < -0.4 is 0 Å². The quantitative estimate of drug-likeness (QED) is 0.761. The van der Waals surface area contributed by atoms with E-state index in [1.165, 1.54) is 69.3 Å². The van der Waals surface area contributed by atoms with Gasteiger partial charge in [0.15, 0.2) is 5.69 Å². The predicted molar refractivity (Wildman–Crippen MR) is 108 cm³/mol. The molecule has 4 heterocycles. The van der Waals surface area contributed by atoms with Crippen LogP contribution in [-0.2, 0) is 12.8 Å². The Bertz CT molecular complexity index is 812. The number of fused-ring (bicyclic) bond motifs is 7. The van der Waals surface area contributed by atoms with Gasteiger partial charge in [-0.25, -0.2) is 0 Å². The zero-order valence-corrected chi connectivity index (χ0v) is 16.8. The number of rotatable bonds is 1. The molecule has 1 amide bonds. The summed E-state index contributed by atoms with van der Waals surface area (Å²) in [7, 11) is 0. The zero-order chi connectivity index (χ0) is 18.7. The molecule has 0 spiro atoms. The third kappa shape index (κ3) is 2.62. The van der Waals surface area contributed by atoms with Gasteiger partial charge in [0.1, 0.15) is 0 Å². The molecule has 5 aliphatic rings. The minimum Gasteiger partial charge on any atom is -0.330 e. The van der Waals surface area contributed by atoms with Crippen LogP contribution in [0.3, 0.4) is 0 Å². The molecule has 0 radical (unpaired) electrons. The van der Waals surface area contributed by atoms with Crippen molar-refractivity contribution in [2.45, 2.75) is 76.3 Å². The summed E-state index contributed by atoms with van der Waals surface area (Å²) in [5.74, 6) is 1.52. The van der Waals surface area contributed by atoms with Crippen LogP contribution in [0.5, 0.6) is 0 Å². The summed E-state index contributed by atoms with van der Waals surface area (Å²) < 4.78 is 0. The van der Waals surface area contributed by atoms with Crippen molar-refractivity contribution in [3.05, 3.63) is 28.6 Å². The number of likely N-dealkylation sites (tertiary alicyclic amines) is 1. The van der Waals surface area contributed by atoms with Crippen LogP contribution in [-0.4, -0.2) is 57.6 Å². The van der Waals surface area contributed by atoms with Crippen LogP contribution >= 0.6 is 0 Å². The number of H-pyrrole nitrogens is 1. The number of piperidine rings is 3. The van der Waals surface area contributed by atoms with Crippen molar-refractivity contribution in [2.75, 3.05) is 19.6 Å². The van der Waals surface area contributed by atoms with Crippen molar-refractivity contribution in [1.82, 2.24) is 20.0 Å². The van der Waals surface area contributed by atoms with Crippen LogP contribution in [0.1, 0.15) is 73.1 Å². The van der Waals surface area contributed by atoms with Crippen molar-refractivity contribution in [1.29, 1.82) is 0 Å². The highest BCUT2D eigenvalue weighted by atomic mass is 16.2. The predicted octanol–water partition coefficient (Wildman–Crippen LogP) is 3.32. The molecule has 4 atom stereocenters. The fraction of sp³-hybridized carbons (Fsp3) is 0.739. The lowest BCUT2D eigenvalue weighted by atomic mass is 9.68. The summed E-state index contributed by atoms with van der Waals surface area (Å²) in [4.78, 5) is 18.6. The highest BCUT2D eigenvalue weighted by molar-refractivity contribution is 5.94. The second-order valence-electron chi connectivity index (χ2n) is 9.74. The number of nitrogens with one attached hydrogen (secondary N) is 1. The normalized spacial score (nSPS) is 34.9.